The molecule has 8 heteroatoms. The van der Waals surface area contributed by atoms with E-state index >= 15 is 0 Å². The molecule has 3 aromatic rings. The van der Waals surface area contributed by atoms with Crippen molar-refractivity contribution in [3.05, 3.63) is 70.4 Å². The number of non-ortho nitro benzene ring substituents is 1. The minimum Gasteiger partial charge on any atom is -0.488 e. The number of nitro benzene ring substituents is 1. The van der Waals surface area contributed by atoms with Crippen LogP contribution in [0.4, 0.5) is 11.5 Å². The number of nitro groups is 1. The number of nitrogens with zero attached hydrogens (tertiary/aromatic N) is 2. The fourth-order valence-electron chi connectivity index (χ4n) is 2.64. The van der Waals surface area contributed by atoms with Crippen molar-refractivity contribution in [2.45, 2.75) is 6.61 Å². The first-order valence-electron chi connectivity index (χ1n) is 8.11. The Morgan fingerprint density at radius 1 is 1.19 bits per heavy atom. The quantitative estimate of drug-likeness (QED) is 0.507. The lowest BCUT2D eigenvalue weighted by molar-refractivity contribution is -0.383. The molecule has 0 saturated heterocycles. The topological polar surface area (TPSA) is 104 Å². The average Bonchev–Trinajstić information content (AvgIpc) is 2.66. The van der Waals surface area contributed by atoms with Crippen LogP contribution in [0.2, 0.25) is 0 Å². The van der Waals surface area contributed by atoms with Crippen LogP contribution in [0.5, 0.6) is 5.75 Å². The number of pyridine rings is 1. The van der Waals surface area contributed by atoms with E-state index in [0.717, 1.165) is 5.56 Å². The van der Waals surface area contributed by atoms with E-state index in [1.807, 2.05) is 0 Å². The Morgan fingerprint density at radius 3 is 2.70 bits per heavy atom. The Bertz CT molecular complexity index is 990. The number of hydrogen-bond acceptors (Lipinski definition) is 6. The SMILES string of the molecule is COCC(=O)Nc1cc(COc2ccc([N+](=O)[O-])c3ccccc23)ccn1. The van der Waals surface area contributed by atoms with Gasteiger partial charge in [0.1, 0.15) is 24.8 Å². The Labute approximate surface area is 154 Å². The third-order valence-corrected chi connectivity index (χ3v) is 3.82. The van der Waals surface area contributed by atoms with Crippen molar-refractivity contribution in [3.8, 4) is 5.75 Å². The minimum absolute atomic E-state index is 0.0324. The number of rotatable bonds is 7. The molecule has 0 radical (unpaired) electrons. The van der Waals surface area contributed by atoms with Gasteiger partial charge in [0.2, 0.25) is 0 Å². The molecular formula is C19H17N3O5. The zero-order chi connectivity index (χ0) is 19.2. The number of ether oxygens (including phenoxy) is 2. The maximum absolute atomic E-state index is 11.6. The van der Waals surface area contributed by atoms with Crippen LogP contribution in [0, 0.1) is 10.1 Å². The number of hydrogen-bond donors (Lipinski definition) is 1. The van der Waals surface area contributed by atoms with Gasteiger partial charge in [-0.3, -0.25) is 14.9 Å². The number of methoxy groups -OCH3 is 1. The van der Waals surface area contributed by atoms with Gasteiger partial charge in [-0.05, 0) is 29.8 Å². The standard InChI is InChI=1S/C19H17N3O5/c1-26-12-19(23)21-18-10-13(8-9-20-18)11-27-17-7-6-16(22(24)25)14-4-2-3-5-15(14)17/h2-10H,11-12H2,1H3,(H,20,21,23). The molecule has 3 rings (SSSR count). The third-order valence-electron chi connectivity index (χ3n) is 3.82. The molecule has 0 spiro atoms. The van der Waals surface area contributed by atoms with Gasteiger partial charge in [-0.2, -0.15) is 0 Å². The molecule has 0 unspecified atom stereocenters. The smallest absolute Gasteiger partial charge is 0.277 e. The van der Waals surface area contributed by atoms with E-state index in [2.05, 4.69) is 10.3 Å². The lowest BCUT2D eigenvalue weighted by Crippen LogP contribution is -2.18. The van der Waals surface area contributed by atoms with Crippen LogP contribution in [0.25, 0.3) is 10.8 Å². The van der Waals surface area contributed by atoms with Crippen LogP contribution in [0.15, 0.2) is 54.7 Å². The third kappa shape index (κ3) is 4.36. The molecule has 0 atom stereocenters. The molecule has 0 aliphatic carbocycles. The summed E-state index contributed by atoms with van der Waals surface area (Å²) >= 11 is 0. The molecule has 1 N–H and O–H groups in total. The van der Waals surface area contributed by atoms with Gasteiger partial charge in [-0.15, -0.1) is 0 Å². The van der Waals surface area contributed by atoms with Gasteiger partial charge in [-0.1, -0.05) is 18.2 Å². The summed E-state index contributed by atoms with van der Waals surface area (Å²) in [4.78, 5) is 26.4. The summed E-state index contributed by atoms with van der Waals surface area (Å²) in [5, 5.41) is 15.0. The number of carbonyl (C=O) groups excluding carboxylic acids is 1. The fourth-order valence-corrected chi connectivity index (χ4v) is 2.64. The summed E-state index contributed by atoms with van der Waals surface area (Å²) < 4.78 is 10.6. The van der Waals surface area contributed by atoms with Crippen molar-refractivity contribution in [2.75, 3.05) is 19.0 Å². The monoisotopic (exact) mass is 367 g/mol. The van der Waals surface area contributed by atoms with E-state index in [9.17, 15) is 14.9 Å². The van der Waals surface area contributed by atoms with Crippen molar-refractivity contribution in [2.24, 2.45) is 0 Å². The Kier molecular flexibility index (Phi) is 5.58. The summed E-state index contributed by atoms with van der Waals surface area (Å²) in [6.07, 6.45) is 1.56. The molecule has 0 bridgehead atoms. The molecule has 0 saturated carbocycles. The number of aromatic nitrogens is 1. The highest BCUT2D eigenvalue weighted by molar-refractivity contribution is 5.95. The molecule has 8 nitrogen and oxygen atoms in total. The number of nitrogens with one attached hydrogen (secondary N) is 1. The molecular weight excluding hydrogens is 350 g/mol. The number of anilines is 1. The van der Waals surface area contributed by atoms with Gasteiger partial charge in [0.25, 0.3) is 11.6 Å². The zero-order valence-electron chi connectivity index (χ0n) is 14.5. The van der Waals surface area contributed by atoms with E-state index in [1.54, 1.807) is 48.7 Å². The van der Waals surface area contributed by atoms with E-state index in [4.69, 9.17) is 9.47 Å². The largest absolute Gasteiger partial charge is 0.488 e. The highest BCUT2D eigenvalue weighted by atomic mass is 16.6. The number of fused-ring (bicyclic) bond motifs is 1. The highest BCUT2D eigenvalue weighted by Gasteiger charge is 2.14. The molecule has 0 aliphatic rings. The van der Waals surface area contributed by atoms with Gasteiger partial charge >= 0.3 is 0 Å². The van der Waals surface area contributed by atoms with Crippen LogP contribution >= 0.6 is 0 Å². The fraction of sp³-hybridized carbons (Fsp3) is 0.158. The Hall–Kier alpha value is -3.52. The van der Waals surface area contributed by atoms with Crippen molar-refractivity contribution in [1.82, 2.24) is 4.98 Å². The lowest BCUT2D eigenvalue weighted by Gasteiger charge is -2.11. The Balaban J connectivity index is 1.79. The predicted octanol–water partition coefficient (Wildman–Crippen LogP) is 3.31. The second-order valence-corrected chi connectivity index (χ2v) is 5.70. The molecule has 2 aromatic carbocycles. The molecule has 0 aliphatic heterocycles. The first-order valence-corrected chi connectivity index (χ1v) is 8.11. The number of benzene rings is 2. The van der Waals surface area contributed by atoms with Gasteiger partial charge in [0, 0.05) is 24.8 Å². The second kappa shape index (κ2) is 8.24. The van der Waals surface area contributed by atoms with E-state index in [0.29, 0.717) is 22.3 Å². The molecule has 0 fully saturated rings. The Morgan fingerprint density at radius 2 is 1.96 bits per heavy atom. The van der Waals surface area contributed by atoms with Gasteiger partial charge in [0.05, 0.1) is 10.3 Å². The highest BCUT2D eigenvalue weighted by Crippen LogP contribution is 2.33. The zero-order valence-corrected chi connectivity index (χ0v) is 14.5. The van der Waals surface area contributed by atoms with Crippen LogP contribution in [-0.2, 0) is 16.1 Å². The average molecular weight is 367 g/mol. The normalized spacial score (nSPS) is 10.6. The summed E-state index contributed by atoms with van der Waals surface area (Å²) in [6, 6.07) is 13.5. The summed E-state index contributed by atoms with van der Waals surface area (Å²) in [5.74, 6) is 0.633. The summed E-state index contributed by atoms with van der Waals surface area (Å²) in [6.45, 7) is 0.161. The molecule has 1 aromatic heterocycles. The van der Waals surface area contributed by atoms with Crippen molar-refractivity contribution < 1.29 is 19.2 Å². The maximum Gasteiger partial charge on any atom is 0.277 e. The first kappa shape index (κ1) is 18.3. The summed E-state index contributed by atoms with van der Waals surface area (Å²) in [5.41, 5.74) is 0.824. The van der Waals surface area contributed by atoms with Gasteiger partial charge in [-0.25, -0.2) is 4.98 Å². The van der Waals surface area contributed by atoms with Crippen molar-refractivity contribution in [3.63, 3.8) is 0 Å². The lowest BCUT2D eigenvalue weighted by atomic mass is 10.1. The summed E-state index contributed by atoms with van der Waals surface area (Å²) in [7, 11) is 1.44. The molecule has 27 heavy (non-hydrogen) atoms. The molecule has 1 amide bonds. The van der Waals surface area contributed by atoms with Crippen LogP contribution in [0.1, 0.15) is 5.56 Å². The molecule has 138 valence electrons. The van der Waals surface area contributed by atoms with Crippen LogP contribution in [-0.4, -0.2) is 29.5 Å². The van der Waals surface area contributed by atoms with Crippen LogP contribution in [0.3, 0.4) is 0 Å². The van der Waals surface area contributed by atoms with Gasteiger partial charge in [0.15, 0.2) is 0 Å². The van der Waals surface area contributed by atoms with E-state index < -0.39 is 4.92 Å². The van der Waals surface area contributed by atoms with E-state index in [-0.39, 0.29) is 24.8 Å². The number of amides is 1. The minimum atomic E-state index is -0.413. The number of carbonyl (C=O) groups is 1. The predicted molar refractivity (Wildman–Crippen MR) is 99.7 cm³/mol. The van der Waals surface area contributed by atoms with Crippen molar-refractivity contribution in [1.29, 1.82) is 0 Å². The van der Waals surface area contributed by atoms with Crippen molar-refractivity contribution >= 4 is 28.2 Å². The molecule has 1 heterocycles. The van der Waals surface area contributed by atoms with Crippen LogP contribution < -0.4 is 10.1 Å². The van der Waals surface area contributed by atoms with Gasteiger partial charge < -0.3 is 14.8 Å². The maximum atomic E-state index is 11.6. The second-order valence-electron chi connectivity index (χ2n) is 5.70. The van der Waals surface area contributed by atoms with E-state index in [1.165, 1.54) is 13.2 Å². The first-order chi connectivity index (χ1) is 13.1.